The maximum atomic E-state index is 14.8. The van der Waals surface area contributed by atoms with Gasteiger partial charge in [-0.1, -0.05) is 80.9 Å². The molecule has 0 radical (unpaired) electrons. The zero-order valence-electron chi connectivity index (χ0n) is 15.8. The van der Waals surface area contributed by atoms with Gasteiger partial charge in [-0.05, 0) is 35.1 Å². The fourth-order valence-electron chi connectivity index (χ4n) is 3.30. The van der Waals surface area contributed by atoms with Crippen LogP contribution in [-0.2, 0) is 6.42 Å². The monoisotopic (exact) mass is 365 g/mol. The quantitative estimate of drug-likeness (QED) is 0.519. The molecule has 3 aromatic rings. The predicted octanol–water partition coefficient (Wildman–Crippen LogP) is 6.66. The highest BCUT2D eigenvalue weighted by Crippen LogP contribution is 2.32. The lowest BCUT2D eigenvalue weighted by Crippen LogP contribution is -2.09. The Kier molecular flexibility index (Phi) is 6.02. The summed E-state index contributed by atoms with van der Waals surface area (Å²) in [6.07, 6.45) is 2.81. The first-order valence-electron chi connectivity index (χ1n) is 9.48. The number of aryl methyl sites for hydroxylation is 1. The van der Waals surface area contributed by atoms with E-state index in [1.807, 2.05) is 36.4 Å². The number of hydrogen-bond donors (Lipinski definition) is 1. The average Bonchev–Trinajstić information content (AvgIpc) is 2.70. The van der Waals surface area contributed by atoms with Crippen LogP contribution in [0.25, 0.3) is 22.3 Å². The van der Waals surface area contributed by atoms with Crippen LogP contribution in [0.5, 0.6) is 0 Å². The van der Waals surface area contributed by atoms with E-state index in [1.54, 1.807) is 24.3 Å². The van der Waals surface area contributed by atoms with Gasteiger partial charge in [-0.25, -0.2) is 8.78 Å². The third kappa shape index (κ3) is 4.09. The van der Waals surface area contributed by atoms with Crippen LogP contribution in [0, 0.1) is 11.6 Å². The SMILES string of the molecule is CCCC(N)c1ccc(-c2ccc(-c3ccc(CC)cc3)c(F)c2F)cc1. The molecule has 1 nitrogen and oxygen atoms in total. The normalized spacial score (nSPS) is 12.2. The highest BCUT2D eigenvalue weighted by atomic mass is 19.2. The molecule has 0 fully saturated rings. The molecule has 0 aliphatic carbocycles. The molecule has 0 bridgehead atoms. The van der Waals surface area contributed by atoms with Gasteiger partial charge >= 0.3 is 0 Å². The molecule has 140 valence electrons. The molecule has 27 heavy (non-hydrogen) atoms. The minimum absolute atomic E-state index is 0.0286. The largest absolute Gasteiger partial charge is 0.324 e. The Morgan fingerprint density at radius 3 is 1.67 bits per heavy atom. The summed E-state index contributed by atoms with van der Waals surface area (Å²) in [5.74, 6) is -1.64. The van der Waals surface area contributed by atoms with E-state index in [0.717, 1.165) is 30.4 Å². The van der Waals surface area contributed by atoms with Gasteiger partial charge in [0, 0.05) is 17.2 Å². The molecule has 3 rings (SSSR count). The Morgan fingerprint density at radius 1 is 0.741 bits per heavy atom. The van der Waals surface area contributed by atoms with Crippen molar-refractivity contribution in [1.82, 2.24) is 0 Å². The van der Waals surface area contributed by atoms with Gasteiger partial charge in [0.2, 0.25) is 0 Å². The maximum absolute atomic E-state index is 14.8. The highest BCUT2D eigenvalue weighted by molar-refractivity contribution is 5.72. The summed E-state index contributed by atoms with van der Waals surface area (Å²) in [4.78, 5) is 0. The van der Waals surface area contributed by atoms with E-state index < -0.39 is 11.6 Å². The first-order chi connectivity index (χ1) is 13.0. The van der Waals surface area contributed by atoms with Gasteiger partial charge in [0.05, 0.1) is 0 Å². The lowest BCUT2D eigenvalue weighted by Gasteiger charge is -2.13. The first-order valence-corrected chi connectivity index (χ1v) is 9.48. The summed E-state index contributed by atoms with van der Waals surface area (Å²) in [5, 5.41) is 0. The molecule has 1 atom stereocenters. The third-order valence-electron chi connectivity index (χ3n) is 5.01. The van der Waals surface area contributed by atoms with Gasteiger partial charge in [0.15, 0.2) is 11.6 Å². The standard InChI is InChI=1S/C24H25F2N/c1-3-5-22(27)19-12-10-18(11-13-19)21-15-14-20(23(25)24(21)26)17-8-6-16(4-2)7-9-17/h6-15,22H,3-5,27H2,1-2H3. The number of nitrogens with two attached hydrogens (primary N) is 1. The molecule has 0 amide bonds. The number of halogens is 2. The molecular weight excluding hydrogens is 340 g/mol. The van der Waals surface area contributed by atoms with Crippen LogP contribution in [0.4, 0.5) is 8.78 Å². The minimum Gasteiger partial charge on any atom is -0.324 e. The maximum Gasteiger partial charge on any atom is 0.167 e. The summed E-state index contributed by atoms with van der Waals surface area (Å²) in [7, 11) is 0. The van der Waals surface area contributed by atoms with E-state index in [1.165, 1.54) is 0 Å². The van der Waals surface area contributed by atoms with Crippen molar-refractivity contribution in [2.75, 3.05) is 0 Å². The Balaban J connectivity index is 1.92. The smallest absolute Gasteiger partial charge is 0.167 e. The average molecular weight is 365 g/mol. The van der Waals surface area contributed by atoms with Crippen molar-refractivity contribution in [3.8, 4) is 22.3 Å². The topological polar surface area (TPSA) is 26.0 Å². The van der Waals surface area contributed by atoms with Crippen LogP contribution >= 0.6 is 0 Å². The van der Waals surface area contributed by atoms with Gasteiger partial charge in [0.25, 0.3) is 0 Å². The Hall–Kier alpha value is -2.52. The zero-order chi connectivity index (χ0) is 19.4. The van der Waals surface area contributed by atoms with E-state index in [2.05, 4.69) is 13.8 Å². The lowest BCUT2D eigenvalue weighted by molar-refractivity contribution is 0.514. The molecule has 0 spiro atoms. The van der Waals surface area contributed by atoms with E-state index in [4.69, 9.17) is 5.73 Å². The fraction of sp³-hybridized carbons (Fsp3) is 0.250. The molecule has 3 heteroatoms. The van der Waals surface area contributed by atoms with Crippen LogP contribution in [0.3, 0.4) is 0 Å². The molecule has 0 aliphatic heterocycles. The first kappa shape index (κ1) is 19.2. The second-order valence-corrected chi connectivity index (χ2v) is 6.86. The van der Waals surface area contributed by atoms with Gasteiger partial charge < -0.3 is 5.73 Å². The molecule has 1 unspecified atom stereocenters. The van der Waals surface area contributed by atoms with Gasteiger partial charge in [-0.2, -0.15) is 0 Å². The van der Waals surface area contributed by atoms with Crippen LogP contribution in [-0.4, -0.2) is 0 Å². The molecule has 3 aromatic carbocycles. The van der Waals surface area contributed by atoms with Crippen LogP contribution in [0.2, 0.25) is 0 Å². The number of benzene rings is 3. The minimum atomic E-state index is -0.822. The van der Waals surface area contributed by atoms with Crippen LogP contribution in [0.15, 0.2) is 60.7 Å². The van der Waals surface area contributed by atoms with Crippen molar-refractivity contribution in [2.24, 2.45) is 5.73 Å². The third-order valence-corrected chi connectivity index (χ3v) is 5.01. The highest BCUT2D eigenvalue weighted by Gasteiger charge is 2.16. The van der Waals surface area contributed by atoms with Crippen molar-refractivity contribution in [1.29, 1.82) is 0 Å². The summed E-state index contributed by atoms with van der Waals surface area (Å²) >= 11 is 0. The second-order valence-electron chi connectivity index (χ2n) is 6.86. The van der Waals surface area contributed by atoms with E-state index >= 15 is 0 Å². The van der Waals surface area contributed by atoms with Crippen LogP contribution < -0.4 is 5.73 Å². The summed E-state index contributed by atoms with van der Waals surface area (Å²) < 4.78 is 29.5. The van der Waals surface area contributed by atoms with Crippen molar-refractivity contribution in [3.63, 3.8) is 0 Å². The van der Waals surface area contributed by atoms with Gasteiger partial charge in [-0.3, -0.25) is 0 Å². The Morgan fingerprint density at radius 2 is 1.22 bits per heavy atom. The molecule has 2 N–H and O–H groups in total. The number of rotatable bonds is 6. The van der Waals surface area contributed by atoms with Gasteiger partial charge in [-0.15, -0.1) is 0 Å². The molecule has 0 saturated carbocycles. The van der Waals surface area contributed by atoms with Crippen molar-refractivity contribution < 1.29 is 8.78 Å². The fourth-order valence-corrected chi connectivity index (χ4v) is 3.30. The second kappa shape index (κ2) is 8.45. The lowest BCUT2D eigenvalue weighted by atomic mass is 9.96. The zero-order valence-corrected chi connectivity index (χ0v) is 15.8. The van der Waals surface area contributed by atoms with Crippen molar-refractivity contribution in [2.45, 2.75) is 39.2 Å². The summed E-state index contributed by atoms with van der Waals surface area (Å²) in [6.45, 7) is 4.15. The van der Waals surface area contributed by atoms with E-state index in [0.29, 0.717) is 11.1 Å². The molecule has 0 aliphatic rings. The molecule has 0 heterocycles. The van der Waals surface area contributed by atoms with E-state index in [9.17, 15) is 8.78 Å². The van der Waals surface area contributed by atoms with Crippen molar-refractivity contribution in [3.05, 3.63) is 83.4 Å². The van der Waals surface area contributed by atoms with Crippen LogP contribution in [0.1, 0.15) is 43.9 Å². The predicted molar refractivity (Wildman–Crippen MR) is 108 cm³/mol. The van der Waals surface area contributed by atoms with Crippen molar-refractivity contribution >= 4 is 0 Å². The van der Waals surface area contributed by atoms with E-state index in [-0.39, 0.29) is 17.2 Å². The molecule has 0 aromatic heterocycles. The Bertz CT molecular complexity index is 899. The van der Waals surface area contributed by atoms with Gasteiger partial charge in [0.1, 0.15) is 0 Å². The summed E-state index contributed by atoms with van der Waals surface area (Å²) in [6, 6.07) is 18.2. The molecule has 0 saturated heterocycles. The summed E-state index contributed by atoms with van der Waals surface area (Å²) in [5.41, 5.74) is 10.2. The Labute approximate surface area is 159 Å². The molecular formula is C24H25F2N. The number of hydrogen-bond acceptors (Lipinski definition) is 1.